The minimum Gasteiger partial charge on any atom is -0.368 e. The second kappa shape index (κ2) is 17.2. The molecule has 350 valence electrons. The normalized spacial score (nSPS) is 19.2. The number of imide groups is 1. The average Bonchev–Trinajstić information content (AvgIpc) is 4.18. The van der Waals surface area contributed by atoms with Crippen LogP contribution in [0, 0.1) is 5.82 Å². The zero-order valence-electron chi connectivity index (χ0n) is 36.9. The number of alkyl halides is 2. The number of amides is 5. The molecule has 8 heterocycles. The van der Waals surface area contributed by atoms with Gasteiger partial charge >= 0.3 is 6.03 Å². The first-order chi connectivity index (χ1) is 32.9. The molecule has 2 N–H and O–H groups in total. The van der Waals surface area contributed by atoms with E-state index < -0.39 is 36.3 Å². The van der Waals surface area contributed by atoms with E-state index in [0.717, 1.165) is 36.3 Å². The van der Waals surface area contributed by atoms with Gasteiger partial charge in [-0.05, 0) is 78.9 Å². The molecule has 0 saturated carbocycles. The van der Waals surface area contributed by atoms with Crippen LogP contribution >= 0.6 is 11.3 Å². The Bertz CT molecular complexity index is 3110. The number of piperazine rings is 1. The number of aryl methyl sites for hydroxylation is 2. The summed E-state index contributed by atoms with van der Waals surface area (Å²) in [6.07, 6.45) is 6.91. The fourth-order valence-corrected chi connectivity index (χ4v) is 10.7. The van der Waals surface area contributed by atoms with E-state index in [1.165, 1.54) is 31.9 Å². The molecule has 21 heteroatoms. The van der Waals surface area contributed by atoms with E-state index >= 15 is 13.2 Å². The van der Waals surface area contributed by atoms with Gasteiger partial charge < -0.3 is 14.4 Å². The number of thiazole rings is 1. The number of anilines is 3. The average molecular weight is 946 g/mol. The van der Waals surface area contributed by atoms with Gasteiger partial charge in [0.25, 0.3) is 11.8 Å². The molecule has 3 saturated heterocycles. The Balaban J connectivity index is 0.713. The Morgan fingerprint density at radius 3 is 2.51 bits per heavy atom. The maximum absolute atomic E-state index is 15.9. The number of benzene rings is 3. The molecule has 3 aromatic carbocycles. The number of nitrogens with one attached hydrogen (secondary N) is 2. The molecule has 0 radical (unpaired) electrons. The Kier molecular flexibility index (Phi) is 11.0. The first-order valence-electron chi connectivity index (χ1n) is 22.6. The fraction of sp³-hybridized carbons (Fsp3) is 0.362. The van der Waals surface area contributed by atoms with Crippen molar-refractivity contribution in [2.75, 3.05) is 67.5 Å². The lowest BCUT2D eigenvalue weighted by Gasteiger charge is -2.40. The monoisotopic (exact) mass is 945 g/mol. The summed E-state index contributed by atoms with van der Waals surface area (Å²) in [7, 11) is 1.69. The van der Waals surface area contributed by atoms with Crippen molar-refractivity contribution in [1.82, 2.24) is 49.2 Å². The van der Waals surface area contributed by atoms with Crippen molar-refractivity contribution in [3.8, 4) is 11.1 Å². The predicted octanol–water partition coefficient (Wildman–Crippen LogP) is 5.78. The Morgan fingerprint density at radius 2 is 1.75 bits per heavy atom. The predicted molar refractivity (Wildman–Crippen MR) is 248 cm³/mol. The van der Waals surface area contributed by atoms with E-state index in [9.17, 15) is 19.2 Å². The highest BCUT2D eigenvalue weighted by Crippen LogP contribution is 2.42. The summed E-state index contributed by atoms with van der Waals surface area (Å²) in [6, 6.07) is 14.6. The third-order valence-corrected chi connectivity index (χ3v) is 14.3. The third kappa shape index (κ3) is 8.01. The van der Waals surface area contributed by atoms with Crippen molar-refractivity contribution in [3.05, 3.63) is 101 Å². The second-order valence-corrected chi connectivity index (χ2v) is 18.7. The van der Waals surface area contributed by atoms with Crippen molar-refractivity contribution < 1.29 is 32.3 Å². The van der Waals surface area contributed by atoms with E-state index in [0.29, 0.717) is 76.9 Å². The van der Waals surface area contributed by atoms with E-state index in [1.54, 1.807) is 58.9 Å². The summed E-state index contributed by atoms with van der Waals surface area (Å²) in [4.78, 5) is 67.1. The molecule has 0 bridgehead atoms. The minimum atomic E-state index is -3.10. The smallest absolute Gasteiger partial charge is 0.329 e. The van der Waals surface area contributed by atoms with Gasteiger partial charge in [-0.2, -0.15) is 10.2 Å². The van der Waals surface area contributed by atoms with Crippen molar-refractivity contribution in [3.63, 3.8) is 0 Å². The first kappa shape index (κ1) is 43.4. The number of carbonyl (C=O) groups excluding carboxylic acids is 4. The van der Waals surface area contributed by atoms with Crippen molar-refractivity contribution in [2.45, 2.75) is 50.1 Å². The van der Waals surface area contributed by atoms with Crippen LogP contribution in [0.1, 0.15) is 48.2 Å². The van der Waals surface area contributed by atoms with Gasteiger partial charge in [0.15, 0.2) is 17.0 Å². The molecule has 5 amide bonds. The number of rotatable bonds is 10. The highest BCUT2D eigenvalue weighted by atomic mass is 32.1. The van der Waals surface area contributed by atoms with Gasteiger partial charge in [-0.1, -0.05) is 18.2 Å². The maximum Gasteiger partial charge on any atom is 0.329 e. The van der Waals surface area contributed by atoms with Crippen LogP contribution in [0.2, 0.25) is 0 Å². The molecule has 0 spiro atoms. The lowest BCUT2D eigenvalue weighted by molar-refractivity contribution is -0.136. The summed E-state index contributed by atoms with van der Waals surface area (Å²) in [5.41, 5.74) is 5.32. The molecule has 11 rings (SSSR count). The molecular weight excluding hydrogens is 900 g/mol. The SMILES string of the molecule is Cn1nc(N2CCC(=O)NC2=O)c2ccc([C@H]3CCN(CC(=O)N4CCN(c5ccc(-c6cc(F)c7cn(C(C(=O)Nc8nccs8)c8ncn9c8CCC9)nc7c6)cc5)CC4)CC3(F)F)cc21. The van der Waals surface area contributed by atoms with Gasteiger partial charge in [0.1, 0.15) is 5.82 Å². The van der Waals surface area contributed by atoms with Gasteiger partial charge in [0.2, 0.25) is 11.8 Å². The molecule has 17 nitrogen and oxygen atoms in total. The van der Waals surface area contributed by atoms with E-state index in [-0.39, 0.29) is 49.0 Å². The zero-order valence-corrected chi connectivity index (χ0v) is 37.8. The molecule has 0 aliphatic carbocycles. The molecular formula is C47H46F3N13O4S. The van der Waals surface area contributed by atoms with Crippen LogP contribution in [0.15, 0.2) is 78.7 Å². The molecule has 4 aromatic heterocycles. The Labute approximate surface area is 391 Å². The van der Waals surface area contributed by atoms with Crippen molar-refractivity contribution >= 4 is 73.5 Å². The number of imidazole rings is 1. The maximum atomic E-state index is 15.9. The van der Waals surface area contributed by atoms with Crippen LogP contribution in [-0.4, -0.2) is 126 Å². The highest BCUT2D eigenvalue weighted by molar-refractivity contribution is 7.13. The van der Waals surface area contributed by atoms with Crippen LogP contribution in [0.5, 0.6) is 0 Å². The van der Waals surface area contributed by atoms with Crippen molar-refractivity contribution in [2.24, 2.45) is 7.05 Å². The number of hydrogen-bond acceptors (Lipinski definition) is 11. The highest BCUT2D eigenvalue weighted by Gasteiger charge is 2.46. The fourth-order valence-electron chi connectivity index (χ4n) is 10.1. The number of aromatic nitrogens is 7. The number of fused-ring (bicyclic) bond motifs is 3. The molecule has 7 aromatic rings. The number of likely N-dealkylation sites (tertiary alicyclic amines) is 1. The van der Waals surface area contributed by atoms with Crippen LogP contribution in [0.25, 0.3) is 32.9 Å². The lowest BCUT2D eigenvalue weighted by Crippen LogP contribution is -2.54. The molecule has 4 aliphatic rings. The quantitative estimate of drug-likeness (QED) is 0.172. The molecule has 4 aliphatic heterocycles. The summed E-state index contributed by atoms with van der Waals surface area (Å²) in [5.74, 6) is -5.20. The molecule has 3 fully saturated rings. The van der Waals surface area contributed by atoms with E-state index in [1.807, 2.05) is 34.9 Å². The van der Waals surface area contributed by atoms with Gasteiger partial charge in [-0.3, -0.25) is 44.2 Å². The largest absolute Gasteiger partial charge is 0.368 e. The summed E-state index contributed by atoms with van der Waals surface area (Å²) in [6.45, 7) is 2.64. The van der Waals surface area contributed by atoms with Gasteiger partial charge in [-0.25, -0.2) is 27.9 Å². The summed E-state index contributed by atoms with van der Waals surface area (Å²) >= 11 is 1.30. The number of urea groups is 1. The lowest BCUT2D eigenvalue weighted by atomic mass is 9.85. The van der Waals surface area contributed by atoms with Crippen LogP contribution in [0.4, 0.5) is 34.6 Å². The molecule has 1 unspecified atom stereocenters. The van der Waals surface area contributed by atoms with E-state index in [4.69, 9.17) is 5.10 Å². The Morgan fingerprint density at radius 1 is 0.926 bits per heavy atom. The minimum absolute atomic E-state index is 0.105. The van der Waals surface area contributed by atoms with Gasteiger partial charge in [0.05, 0.1) is 47.4 Å². The first-order valence-corrected chi connectivity index (χ1v) is 23.5. The van der Waals surface area contributed by atoms with Gasteiger partial charge in [0, 0.05) is 87.3 Å². The van der Waals surface area contributed by atoms with Crippen molar-refractivity contribution in [1.29, 1.82) is 0 Å². The number of carbonyl (C=O) groups is 4. The van der Waals surface area contributed by atoms with E-state index in [2.05, 4.69) is 30.6 Å². The second-order valence-electron chi connectivity index (χ2n) is 17.8. The zero-order chi connectivity index (χ0) is 46.8. The molecule has 2 atom stereocenters. The summed E-state index contributed by atoms with van der Waals surface area (Å²) in [5, 5.41) is 17.5. The van der Waals surface area contributed by atoms with Crippen LogP contribution in [-0.2, 0) is 34.4 Å². The number of nitrogens with zero attached hydrogens (tertiary/aromatic N) is 11. The number of hydrogen-bond donors (Lipinski definition) is 2. The summed E-state index contributed by atoms with van der Waals surface area (Å²) < 4.78 is 52.8. The number of halogens is 3. The van der Waals surface area contributed by atoms with Gasteiger partial charge in [-0.15, -0.1) is 11.3 Å². The Hall–Kier alpha value is -7.13. The topological polar surface area (TPSA) is 172 Å². The number of piperidine rings is 1. The standard InChI is InChI=1S/C47H46F3N13O4S/c1-57-38-23-29(6-9-32(38)43(56-57)62-15-11-39(64)53-46(62)67)34-10-14-58(26-47(34,49)50)25-40(65)60-18-16-59(17-19-60)31-7-4-28(5-8-31)30-21-35(48)33-24-63(55-36(33)22-30)42(44(66)54-45-51-12-20-68-45)41-37-3-2-13-61(37)27-52-41/h4-9,12,20-24,27,34,42H,2-3,10-11,13-19,25-26H2,1H3,(H,51,54,66)(H,53,64,67)/t34-,42?/m1/s1. The third-order valence-electron chi connectivity index (χ3n) is 13.6. The molecule has 68 heavy (non-hydrogen) atoms. The van der Waals surface area contributed by atoms with Crippen LogP contribution in [0.3, 0.4) is 0 Å². The van der Waals surface area contributed by atoms with Crippen LogP contribution < -0.4 is 20.4 Å².